The molecule has 140 valence electrons. The summed E-state index contributed by atoms with van der Waals surface area (Å²) in [6.45, 7) is 4.81. The van der Waals surface area contributed by atoms with Crippen molar-refractivity contribution in [1.29, 1.82) is 0 Å². The summed E-state index contributed by atoms with van der Waals surface area (Å²) in [5.74, 6) is 0. The van der Waals surface area contributed by atoms with Gasteiger partial charge in [-0.05, 0) is 43.5 Å². The van der Waals surface area contributed by atoms with Gasteiger partial charge in [0.1, 0.15) is 12.3 Å². The maximum Gasteiger partial charge on any atom is 0.128 e. The van der Waals surface area contributed by atoms with Crippen LogP contribution in [-0.2, 0) is 0 Å². The fourth-order valence-electron chi connectivity index (χ4n) is 6.98. The summed E-state index contributed by atoms with van der Waals surface area (Å²) in [6, 6.07) is 17.9. The van der Waals surface area contributed by atoms with E-state index in [1.807, 2.05) is 0 Å². The molecular weight excluding hydrogens is 332 g/mol. The largest absolute Gasteiger partial charge is 0.351 e. The number of fused-ring (bicyclic) bond motifs is 10. The average Bonchev–Trinajstić information content (AvgIpc) is 3.20. The van der Waals surface area contributed by atoms with Crippen molar-refractivity contribution in [3.63, 3.8) is 0 Å². The zero-order valence-corrected chi connectivity index (χ0v) is 16.7. The zero-order valence-electron chi connectivity index (χ0n) is 16.7. The first-order valence-electron chi connectivity index (χ1n) is 10.3. The van der Waals surface area contributed by atoms with Crippen molar-refractivity contribution in [3.8, 4) is 0 Å². The molecule has 4 atom stereocenters. The van der Waals surface area contributed by atoms with Gasteiger partial charge < -0.3 is 9.80 Å². The minimum atomic E-state index is 0.340. The number of anilines is 4. The SMILES string of the molecule is CCC12CC1(CC)C1N(C)c3ccccc3N1N1c3ccccc3N(C)C12. The van der Waals surface area contributed by atoms with Crippen LogP contribution in [0.1, 0.15) is 33.1 Å². The van der Waals surface area contributed by atoms with Crippen molar-refractivity contribution in [3.05, 3.63) is 48.5 Å². The molecule has 0 aromatic heterocycles. The average molecular weight is 361 g/mol. The summed E-state index contributed by atoms with van der Waals surface area (Å²) >= 11 is 0. The lowest BCUT2D eigenvalue weighted by Gasteiger charge is -2.54. The smallest absolute Gasteiger partial charge is 0.128 e. The molecule has 0 amide bonds. The number of para-hydroxylation sites is 4. The molecule has 27 heavy (non-hydrogen) atoms. The van der Waals surface area contributed by atoms with Gasteiger partial charge in [-0.15, -0.1) is 0 Å². The molecule has 4 heteroatoms. The maximum absolute atomic E-state index is 2.63. The Kier molecular flexibility index (Phi) is 2.74. The molecule has 3 aliphatic heterocycles. The van der Waals surface area contributed by atoms with Crippen molar-refractivity contribution in [1.82, 2.24) is 0 Å². The number of hydrazine groups is 1. The van der Waals surface area contributed by atoms with Crippen LogP contribution in [0.15, 0.2) is 48.5 Å². The second kappa shape index (κ2) is 4.73. The highest BCUT2D eigenvalue weighted by atomic mass is 15.8. The van der Waals surface area contributed by atoms with Crippen LogP contribution in [0.25, 0.3) is 0 Å². The lowest BCUT2D eigenvalue weighted by molar-refractivity contribution is 0.174. The van der Waals surface area contributed by atoms with Crippen LogP contribution in [-0.4, -0.2) is 26.4 Å². The van der Waals surface area contributed by atoms with E-state index in [1.54, 1.807) is 0 Å². The Hall–Kier alpha value is -2.36. The van der Waals surface area contributed by atoms with E-state index >= 15 is 0 Å². The van der Waals surface area contributed by atoms with Crippen molar-refractivity contribution < 1.29 is 0 Å². The lowest BCUT2D eigenvalue weighted by atomic mass is 9.80. The minimum Gasteiger partial charge on any atom is -0.351 e. The fourth-order valence-corrected chi connectivity index (χ4v) is 6.98. The molecule has 2 fully saturated rings. The van der Waals surface area contributed by atoms with Gasteiger partial charge >= 0.3 is 0 Å². The number of rotatable bonds is 2. The van der Waals surface area contributed by atoms with Crippen molar-refractivity contribution in [2.24, 2.45) is 10.8 Å². The van der Waals surface area contributed by atoms with Gasteiger partial charge in [-0.1, -0.05) is 38.1 Å². The van der Waals surface area contributed by atoms with Crippen LogP contribution in [0.2, 0.25) is 0 Å². The van der Waals surface area contributed by atoms with Gasteiger partial charge in [-0.3, -0.25) is 10.0 Å². The molecule has 1 saturated heterocycles. The van der Waals surface area contributed by atoms with Gasteiger partial charge in [0.2, 0.25) is 0 Å². The first kappa shape index (κ1) is 15.7. The Morgan fingerprint density at radius 3 is 1.44 bits per heavy atom. The first-order valence-corrected chi connectivity index (χ1v) is 10.3. The highest BCUT2D eigenvalue weighted by Gasteiger charge is 2.80. The number of benzene rings is 2. The molecule has 0 radical (unpaired) electrons. The summed E-state index contributed by atoms with van der Waals surface area (Å²) < 4.78 is 0. The van der Waals surface area contributed by atoms with Gasteiger partial charge in [0.05, 0.1) is 22.7 Å². The molecule has 2 aromatic carbocycles. The topological polar surface area (TPSA) is 13.0 Å². The first-order chi connectivity index (χ1) is 13.1. The van der Waals surface area contributed by atoms with Crippen LogP contribution in [0.4, 0.5) is 22.7 Å². The summed E-state index contributed by atoms with van der Waals surface area (Å²) in [4.78, 5) is 5.10. The van der Waals surface area contributed by atoms with Gasteiger partial charge in [0, 0.05) is 24.9 Å². The highest BCUT2D eigenvalue weighted by Crippen LogP contribution is 2.78. The lowest BCUT2D eigenvalue weighted by Crippen LogP contribution is -2.68. The van der Waals surface area contributed by atoms with E-state index in [0.717, 1.165) is 0 Å². The van der Waals surface area contributed by atoms with Crippen LogP contribution in [0.5, 0.6) is 0 Å². The van der Waals surface area contributed by atoms with Crippen molar-refractivity contribution >= 4 is 22.7 Å². The van der Waals surface area contributed by atoms with Gasteiger partial charge in [-0.25, -0.2) is 0 Å². The quantitative estimate of drug-likeness (QED) is 0.771. The molecule has 1 aliphatic carbocycles. The van der Waals surface area contributed by atoms with Gasteiger partial charge in [0.25, 0.3) is 0 Å². The molecule has 6 rings (SSSR count). The van der Waals surface area contributed by atoms with Gasteiger partial charge in [-0.2, -0.15) is 0 Å². The normalized spacial score (nSPS) is 34.8. The molecular formula is C23H28N4. The number of hydrogen-bond donors (Lipinski definition) is 0. The third kappa shape index (κ3) is 1.47. The van der Waals surface area contributed by atoms with Crippen LogP contribution in [0, 0.1) is 10.8 Å². The molecule has 3 heterocycles. The van der Waals surface area contributed by atoms with E-state index < -0.39 is 0 Å². The predicted octanol–water partition coefficient (Wildman–Crippen LogP) is 4.68. The molecule has 0 spiro atoms. The summed E-state index contributed by atoms with van der Waals surface area (Å²) in [6.07, 6.45) is 4.57. The van der Waals surface area contributed by atoms with E-state index in [9.17, 15) is 0 Å². The third-order valence-corrected chi connectivity index (χ3v) is 8.19. The fraction of sp³-hybridized carbons (Fsp3) is 0.478. The van der Waals surface area contributed by atoms with Crippen LogP contribution < -0.4 is 19.8 Å². The molecule has 4 aliphatic rings. The standard InChI is InChI=1S/C23H28N4/c1-5-22-15-23(22,6-2)21-25(4)17-12-8-10-14-19(17)27(21)26-18-13-9-7-11-16(18)24(3)20(22)26/h7-14,20-21H,5-6,15H2,1-4H3. The van der Waals surface area contributed by atoms with E-state index in [-0.39, 0.29) is 0 Å². The molecule has 4 unspecified atom stereocenters. The summed E-state index contributed by atoms with van der Waals surface area (Å²) in [5, 5.41) is 5.26. The van der Waals surface area contributed by atoms with E-state index in [4.69, 9.17) is 0 Å². The number of hydrogen-bond acceptors (Lipinski definition) is 4. The molecule has 2 aromatic rings. The Labute approximate surface area is 161 Å². The summed E-state index contributed by atoms with van der Waals surface area (Å²) in [5.41, 5.74) is 6.11. The van der Waals surface area contributed by atoms with E-state index in [1.165, 1.54) is 42.0 Å². The van der Waals surface area contributed by atoms with Crippen molar-refractivity contribution in [2.75, 3.05) is 33.9 Å². The Bertz CT molecular complexity index is 866. The number of nitrogens with zero attached hydrogens (tertiary/aromatic N) is 4. The van der Waals surface area contributed by atoms with Crippen LogP contribution in [0.3, 0.4) is 0 Å². The molecule has 0 bridgehead atoms. The monoisotopic (exact) mass is 360 g/mol. The Balaban J connectivity index is 1.64. The third-order valence-electron chi connectivity index (χ3n) is 8.19. The Morgan fingerprint density at radius 1 is 0.704 bits per heavy atom. The molecule has 0 N–H and O–H groups in total. The van der Waals surface area contributed by atoms with Crippen molar-refractivity contribution in [2.45, 2.75) is 45.4 Å². The Morgan fingerprint density at radius 2 is 1.07 bits per heavy atom. The predicted molar refractivity (Wildman–Crippen MR) is 112 cm³/mol. The van der Waals surface area contributed by atoms with Gasteiger partial charge in [0.15, 0.2) is 0 Å². The van der Waals surface area contributed by atoms with Crippen LogP contribution >= 0.6 is 0 Å². The highest BCUT2D eigenvalue weighted by molar-refractivity contribution is 5.87. The molecule has 4 nitrogen and oxygen atoms in total. The second-order valence-corrected chi connectivity index (χ2v) is 8.83. The second-order valence-electron chi connectivity index (χ2n) is 8.83. The maximum atomic E-state index is 2.63. The summed E-state index contributed by atoms with van der Waals surface area (Å²) in [7, 11) is 4.59. The molecule has 1 saturated carbocycles. The van der Waals surface area contributed by atoms with E-state index in [0.29, 0.717) is 23.2 Å². The van der Waals surface area contributed by atoms with E-state index in [2.05, 4.69) is 96.3 Å². The minimum absolute atomic E-state index is 0.340. The zero-order chi connectivity index (χ0) is 18.6.